The van der Waals surface area contributed by atoms with E-state index in [4.69, 9.17) is 11.6 Å². The van der Waals surface area contributed by atoms with Crippen molar-refractivity contribution in [2.24, 2.45) is 5.92 Å². The minimum atomic E-state index is -0.138. The Bertz CT molecular complexity index is 313. The first-order valence-corrected chi connectivity index (χ1v) is 8.32. The van der Waals surface area contributed by atoms with Gasteiger partial charge in [-0.15, -0.1) is 11.6 Å². The molecule has 0 aromatic heterocycles. The van der Waals surface area contributed by atoms with Gasteiger partial charge < -0.3 is 0 Å². The molecule has 2 aliphatic rings. The quantitative estimate of drug-likeness (QED) is 0.438. The molecule has 1 saturated carbocycles. The van der Waals surface area contributed by atoms with Crippen LogP contribution in [0.2, 0.25) is 0 Å². The topological polar surface area (TPSA) is 37.4 Å². The molecule has 0 aromatic carbocycles. The summed E-state index contributed by atoms with van der Waals surface area (Å²) in [5, 5.41) is 0. The summed E-state index contributed by atoms with van der Waals surface area (Å²) in [4.78, 5) is 23.9. The summed E-state index contributed by atoms with van der Waals surface area (Å²) in [5.41, 5.74) is 0. The van der Waals surface area contributed by atoms with E-state index in [1.54, 1.807) is 0 Å². The number of hydrogen-bond donors (Lipinski definition) is 0. The van der Waals surface area contributed by atoms with Crippen molar-refractivity contribution in [3.05, 3.63) is 12.2 Å². The number of carbonyl (C=O) groups is 2. The van der Waals surface area contributed by atoms with E-state index in [2.05, 4.69) is 6.92 Å². The van der Waals surface area contributed by atoms with Crippen LogP contribution in [-0.4, -0.2) is 29.1 Å². The SMILES string of the molecule is CCCCCCl.O=C1C=CC(=O)N1CC1CCCCC1. The summed E-state index contributed by atoms with van der Waals surface area (Å²) in [7, 11) is 0. The molecular weight excluding hydrogens is 274 g/mol. The zero-order valence-electron chi connectivity index (χ0n) is 12.4. The molecule has 0 radical (unpaired) electrons. The van der Waals surface area contributed by atoms with Gasteiger partial charge in [-0.3, -0.25) is 14.5 Å². The van der Waals surface area contributed by atoms with Gasteiger partial charge in [-0.2, -0.15) is 0 Å². The van der Waals surface area contributed by atoms with Crippen LogP contribution < -0.4 is 0 Å². The summed E-state index contributed by atoms with van der Waals surface area (Å²) in [6.45, 7) is 2.80. The van der Waals surface area contributed by atoms with Gasteiger partial charge in [0, 0.05) is 24.6 Å². The Hall–Kier alpha value is -0.830. The van der Waals surface area contributed by atoms with Crippen molar-refractivity contribution in [2.45, 2.75) is 58.3 Å². The van der Waals surface area contributed by atoms with Gasteiger partial charge in [0.25, 0.3) is 11.8 Å². The first-order valence-electron chi connectivity index (χ1n) is 7.78. The molecule has 0 unspecified atom stereocenters. The first kappa shape index (κ1) is 17.2. The highest BCUT2D eigenvalue weighted by Crippen LogP contribution is 2.25. The number of imide groups is 1. The molecule has 1 heterocycles. The molecular formula is C16H26ClNO2. The lowest BCUT2D eigenvalue weighted by atomic mass is 9.89. The summed E-state index contributed by atoms with van der Waals surface area (Å²) < 4.78 is 0. The molecule has 0 saturated heterocycles. The second kappa shape index (κ2) is 9.98. The van der Waals surface area contributed by atoms with Crippen molar-refractivity contribution < 1.29 is 9.59 Å². The molecule has 0 spiro atoms. The number of nitrogens with zero attached hydrogens (tertiary/aromatic N) is 1. The molecule has 1 aliphatic heterocycles. The number of amides is 2. The minimum absolute atomic E-state index is 0.138. The Kier molecular flexibility index (Phi) is 8.59. The van der Waals surface area contributed by atoms with Crippen LogP contribution in [0.25, 0.3) is 0 Å². The van der Waals surface area contributed by atoms with E-state index < -0.39 is 0 Å². The van der Waals surface area contributed by atoms with Gasteiger partial charge in [0.2, 0.25) is 0 Å². The molecule has 2 rings (SSSR count). The number of rotatable bonds is 5. The summed E-state index contributed by atoms with van der Waals surface area (Å²) in [5.74, 6) is 1.09. The van der Waals surface area contributed by atoms with Crippen LogP contribution in [0, 0.1) is 5.92 Å². The molecule has 3 nitrogen and oxygen atoms in total. The maximum atomic E-state index is 11.3. The van der Waals surface area contributed by atoms with Gasteiger partial charge in [-0.25, -0.2) is 0 Å². The first-order chi connectivity index (χ1) is 9.69. The van der Waals surface area contributed by atoms with Crippen molar-refractivity contribution in [1.82, 2.24) is 4.90 Å². The summed E-state index contributed by atoms with van der Waals surface area (Å²) in [6.07, 6.45) is 12.6. The third-order valence-corrected chi connectivity index (χ3v) is 4.07. The summed E-state index contributed by atoms with van der Waals surface area (Å²) in [6, 6.07) is 0. The fraction of sp³-hybridized carbons (Fsp3) is 0.750. The third kappa shape index (κ3) is 6.08. The number of halogens is 1. The Morgan fingerprint density at radius 2 is 1.70 bits per heavy atom. The average Bonchev–Trinajstić information content (AvgIpc) is 2.79. The fourth-order valence-corrected chi connectivity index (χ4v) is 2.77. The Balaban J connectivity index is 0.000000286. The van der Waals surface area contributed by atoms with Gasteiger partial charge in [-0.05, 0) is 25.2 Å². The van der Waals surface area contributed by atoms with Crippen molar-refractivity contribution in [3.63, 3.8) is 0 Å². The standard InChI is InChI=1S/C11H15NO2.C5H11Cl/c13-10-6-7-11(14)12(10)8-9-4-2-1-3-5-9;1-2-3-4-5-6/h6-7,9H,1-5,8H2;2-5H2,1H3. The van der Waals surface area contributed by atoms with E-state index in [-0.39, 0.29) is 11.8 Å². The van der Waals surface area contributed by atoms with Gasteiger partial charge >= 0.3 is 0 Å². The van der Waals surface area contributed by atoms with Gasteiger partial charge in [0.1, 0.15) is 0 Å². The molecule has 4 heteroatoms. The number of alkyl halides is 1. The second-order valence-corrected chi connectivity index (χ2v) is 5.90. The average molecular weight is 300 g/mol. The van der Waals surface area contributed by atoms with E-state index >= 15 is 0 Å². The predicted octanol–water partition coefficient (Wildman–Crippen LogP) is 3.91. The van der Waals surface area contributed by atoms with Crippen LogP contribution in [0.15, 0.2) is 12.2 Å². The smallest absolute Gasteiger partial charge is 0.253 e. The van der Waals surface area contributed by atoms with Crippen molar-refractivity contribution in [2.75, 3.05) is 12.4 Å². The fourth-order valence-electron chi connectivity index (χ4n) is 2.58. The highest BCUT2D eigenvalue weighted by atomic mass is 35.5. The van der Waals surface area contributed by atoms with Crippen LogP contribution in [0.1, 0.15) is 58.3 Å². The minimum Gasteiger partial charge on any atom is -0.275 e. The van der Waals surface area contributed by atoms with Crippen LogP contribution in [-0.2, 0) is 9.59 Å². The largest absolute Gasteiger partial charge is 0.275 e. The highest BCUT2D eigenvalue weighted by Gasteiger charge is 2.26. The van der Waals surface area contributed by atoms with Crippen LogP contribution in [0.3, 0.4) is 0 Å². The molecule has 1 aliphatic carbocycles. The Morgan fingerprint density at radius 1 is 1.10 bits per heavy atom. The molecule has 114 valence electrons. The third-order valence-electron chi connectivity index (χ3n) is 3.80. The molecule has 20 heavy (non-hydrogen) atoms. The van der Waals surface area contributed by atoms with Crippen LogP contribution in [0.4, 0.5) is 0 Å². The van der Waals surface area contributed by atoms with Crippen molar-refractivity contribution in [1.29, 1.82) is 0 Å². The van der Waals surface area contributed by atoms with E-state index in [0.29, 0.717) is 12.5 Å². The van der Waals surface area contributed by atoms with Crippen LogP contribution in [0.5, 0.6) is 0 Å². The number of carbonyl (C=O) groups excluding carboxylic acids is 2. The van der Waals surface area contributed by atoms with Crippen molar-refractivity contribution >= 4 is 23.4 Å². The normalized spacial score (nSPS) is 19.2. The second-order valence-electron chi connectivity index (χ2n) is 5.52. The maximum absolute atomic E-state index is 11.3. The molecule has 0 aromatic rings. The van der Waals surface area contributed by atoms with Gasteiger partial charge in [-0.1, -0.05) is 39.0 Å². The zero-order chi connectivity index (χ0) is 14.8. The highest BCUT2D eigenvalue weighted by molar-refractivity contribution is 6.17. The lowest BCUT2D eigenvalue weighted by molar-refractivity contribution is -0.137. The molecule has 0 N–H and O–H groups in total. The Labute approximate surface area is 127 Å². The number of hydrogen-bond acceptors (Lipinski definition) is 2. The maximum Gasteiger partial charge on any atom is 0.253 e. The lowest BCUT2D eigenvalue weighted by Crippen LogP contribution is -2.35. The molecule has 0 atom stereocenters. The van der Waals surface area contributed by atoms with Crippen LogP contribution >= 0.6 is 11.6 Å². The van der Waals surface area contributed by atoms with E-state index in [9.17, 15) is 9.59 Å². The monoisotopic (exact) mass is 299 g/mol. The lowest BCUT2D eigenvalue weighted by Gasteiger charge is -2.25. The molecule has 0 bridgehead atoms. The molecule has 1 fully saturated rings. The van der Waals surface area contributed by atoms with Gasteiger partial charge in [0.15, 0.2) is 0 Å². The predicted molar refractivity (Wildman–Crippen MR) is 82.7 cm³/mol. The van der Waals surface area contributed by atoms with E-state index in [0.717, 1.165) is 18.7 Å². The van der Waals surface area contributed by atoms with E-state index in [1.807, 2.05) is 0 Å². The molecule has 2 amide bonds. The van der Waals surface area contributed by atoms with E-state index in [1.165, 1.54) is 55.6 Å². The van der Waals surface area contributed by atoms with Crippen molar-refractivity contribution in [3.8, 4) is 0 Å². The van der Waals surface area contributed by atoms with Gasteiger partial charge in [0.05, 0.1) is 0 Å². The summed E-state index contributed by atoms with van der Waals surface area (Å²) >= 11 is 5.38. The number of unbranched alkanes of at least 4 members (excludes halogenated alkanes) is 2. The zero-order valence-corrected chi connectivity index (χ0v) is 13.2. The Morgan fingerprint density at radius 3 is 2.15 bits per heavy atom.